The van der Waals surface area contributed by atoms with E-state index in [4.69, 9.17) is 23.2 Å². The molecule has 0 atom stereocenters. The number of fused-ring (bicyclic) bond motifs is 1. The molecule has 0 bridgehead atoms. The van der Waals surface area contributed by atoms with Gasteiger partial charge in [0.1, 0.15) is 0 Å². The summed E-state index contributed by atoms with van der Waals surface area (Å²) in [6.07, 6.45) is 0. The van der Waals surface area contributed by atoms with Gasteiger partial charge in [0.05, 0.1) is 20.9 Å². The smallest absolute Gasteiger partial charge is 0.258 e. The standard InChI is InChI=1S/C14H9Cl2N3O4S/c1-8-2-4-10(19(20)21)7-13(8)24(22,23)18-12-5-3-9(15)6-11(12)17-14(18)16/h2-7H,1H3. The summed E-state index contributed by atoms with van der Waals surface area (Å²) in [6, 6.07) is 8.07. The molecule has 0 saturated carbocycles. The Morgan fingerprint density at radius 2 is 1.88 bits per heavy atom. The predicted molar refractivity (Wildman–Crippen MR) is 90.2 cm³/mol. The SMILES string of the molecule is Cc1ccc([N+](=O)[O-])cc1S(=O)(=O)n1c(Cl)nc2cc(Cl)ccc21. The molecule has 2 aromatic carbocycles. The van der Waals surface area contributed by atoms with Crippen LogP contribution in [0.25, 0.3) is 11.0 Å². The number of nitro benzene ring substituents is 1. The summed E-state index contributed by atoms with van der Waals surface area (Å²) in [4.78, 5) is 14.1. The average Bonchev–Trinajstić information content (AvgIpc) is 2.82. The van der Waals surface area contributed by atoms with Crippen molar-refractivity contribution in [2.24, 2.45) is 0 Å². The second-order valence-corrected chi connectivity index (χ2v) is 7.52. The van der Waals surface area contributed by atoms with Gasteiger partial charge in [-0.05, 0) is 42.3 Å². The van der Waals surface area contributed by atoms with Crippen LogP contribution in [-0.2, 0) is 10.0 Å². The maximum absolute atomic E-state index is 13.0. The maximum atomic E-state index is 13.0. The molecule has 0 saturated heterocycles. The Balaban J connectivity index is 2.32. The molecule has 7 nitrogen and oxygen atoms in total. The first-order chi connectivity index (χ1) is 11.2. The molecule has 3 aromatic rings. The zero-order chi connectivity index (χ0) is 17.6. The molecule has 3 rings (SSSR count). The second-order valence-electron chi connectivity index (χ2n) is 4.99. The molecule has 1 aromatic heterocycles. The van der Waals surface area contributed by atoms with Crippen molar-refractivity contribution < 1.29 is 13.3 Å². The molecule has 0 spiro atoms. The molecule has 0 radical (unpaired) electrons. The van der Waals surface area contributed by atoms with Crippen LogP contribution in [0.15, 0.2) is 41.3 Å². The molecule has 0 aliphatic heterocycles. The Morgan fingerprint density at radius 1 is 1.17 bits per heavy atom. The lowest BCUT2D eigenvalue weighted by Gasteiger charge is -2.10. The summed E-state index contributed by atoms with van der Waals surface area (Å²) in [5.41, 5.74) is 0.560. The highest BCUT2D eigenvalue weighted by atomic mass is 35.5. The fourth-order valence-corrected chi connectivity index (χ4v) is 4.52. The highest BCUT2D eigenvalue weighted by molar-refractivity contribution is 7.90. The molecule has 1 heterocycles. The van der Waals surface area contributed by atoms with Gasteiger partial charge >= 0.3 is 0 Å². The van der Waals surface area contributed by atoms with Crippen LogP contribution in [0.3, 0.4) is 0 Å². The molecule has 0 N–H and O–H groups in total. The van der Waals surface area contributed by atoms with Crippen LogP contribution < -0.4 is 0 Å². The van der Waals surface area contributed by atoms with Crippen molar-refractivity contribution in [2.45, 2.75) is 11.8 Å². The lowest BCUT2D eigenvalue weighted by atomic mass is 10.2. The van der Waals surface area contributed by atoms with Crippen molar-refractivity contribution in [1.29, 1.82) is 0 Å². The number of imidazole rings is 1. The molecule has 0 amide bonds. The normalized spacial score (nSPS) is 11.8. The topological polar surface area (TPSA) is 95.1 Å². The molecule has 0 aliphatic carbocycles. The first kappa shape index (κ1) is 16.7. The number of hydrogen-bond donors (Lipinski definition) is 0. The van der Waals surface area contributed by atoms with Crippen LogP contribution in [0.2, 0.25) is 10.3 Å². The number of nitro groups is 1. The van der Waals surface area contributed by atoms with E-state index in [1.807, 2.05) is 0 Å². The quantitative estimate of drug-likeness (QED) is 0.504. The number of nitrogens with zero attached hydrogens (tertiary/aromatic N) is 3. The fourth-order valence-electron chi connectivity index (χ4n) is 2.31. The molecule has 10 heteroatoms. The van der Waals surface area contributed by atoms with E-state index in [1.165, 1.54) is 30.3 Å². The van der Waals surface area contributed by atoms with E-state index in [1.54, 1.807) is 6.92 Å². The van der Waals surface area contributed by atoms with Crippen LogP contribution in [-0.4, -0.2) is 22.3 Å². The largest absolute Gasteiger partial charge is 0.271 e. The van der Waals surface area contributed by atoms with Crippen molar-refractivity contribution in [3.8, 4) is 0 Å². The molecule has 0 aliphatic rings. The lowest BCUT2D eigenvalue weighted by molar-refractivity contribution is -0.385. The minimum Gasteiger partial charge on any atom is -0.258 e. The number of benzene rings is 2. The Hall–Kier alpha value is -2.16. The third-order valence-electron chi connectivity index (χ3n) is 3.44. The van der Waals surface area contributed by atoms with Crippen molar-refractivity contribution in [3.05, 3.63) is 62.4 Å². The molecular formula is C14H9Cl2N3O4S. The van der Waals surface area contributed by atoms with E-state index in [-0.39, 0.29) is 21.4 Å². The van der Waals surface area contributed by atoms with E-state index >= 15 is 0 Å². The average molecular weight is 386 g/mol. The Bertz CT molecular complexity index is 1090. The summed E-state index contributed by atoms with van der Waals surface area (Å²) in [5.74, 6) is 0. The predicted octanol–water partition coefficient (Wildman–Crippen LogP) is 3.80. The lowest BCUT2D eigenvalue weighted by Crippen LogP contribution is -2.14. The van der Waals surface area contributed by atoms with Gasteiger partial charge in [-0.15, -0.1) is 0 Å². The van der Waals surface area contributed by atoms with Gasteiger partial charge in [-0.25, -0.2) is 17.4 Å². The van der Waals surface area contributed by atoms with Gasteiger partial charge < -0.3 is 0 Å². The van der Waals surface area contributed by atoms with Gasteiger partial charge in [0.2, 0.25) is 5.28 Å². The summed E-state index contributed by atoms with van der Waals surface area (Å²) in [5, 5.41) is 11.0. The summed E-state index contributed by atoms with van der Waals surface area (Å²) in [7, 11) is -4.18. The number of hydrogen-bond acceptors (Lipinski definition) is 5. The van der Waals surface area contributed by atoms with E-state index in [0.717, 1.165) is 10.0 Å². The molecule has 0 fully saturated rings. The number of non-ortho nitro benzene ring substituents is 1. The third kappa shape index (κ3) is 2.62. The number of aryl methyl sites for hydroxylation is 1. The Morgan fingerprint density at radius 3 is 2.54 bits per heavy atom. The van der Waals surface area contributed by atoms with Crippen molar-refractivity contribution in [2.75, 3.05) is 0 Å². The minimum absolute atomic E-state index is 0.215. The molecule has 24 heavy (non-hydrogen) atoms. The van der Waals surface area contributed by atoms with Gasteiger partial charge in [0, 0.05) is 17.2 Å². The second kappa shape index (κ2) is 5.73. The molecule has 0 unspecified atom stereocenters. The van der Waals surface area contributed by atoms with Crippen molar-refractivity contribution in [3.63, 3.8) is 0 Å². The van der Waals surface area contributed by atoms with Crippen molar-refractivity contribution >= 4 is 49.9 Å². The van der Waals surface area contributed by atoms with E-state index < -0.39 is 14.9 Å². The van der Waals surface area contributed by atoms with Crippen LogP contribution in [0.1, 0.15) is 5.56 Å². The van der Waals surface area contributed by atoms with Gasteiger partial charge in [-0.2, -0.15) is 0 Å². The number of aromatic nitrogens is 2. The van der Waals surface area contributed by atoms with Crippen LogP contribution in [0.5, 0.6) is 0 Å². The molecule has 124 valence electrons. The van der Waals surface area contributed by atoms with Crippen molar-refractivity contribution in [1.82, 2.24) is 8.96 Å². The van der Waals surface area contributed by atoms with Crippen LogP contribution in [0.4, 0.5) is 5.69 Å². The monoisotopic (exact) mass is 385 g/mol. The zero-order valence-corrected chi connectivity index (χ0v) is 14.4. The summed E-state index contributed by atoms with van der Waals surface area (Å²) < 4.78 is 26.8. The Labute approximate surface area is 146 Å². The highest BCUT2D eigenvalue weighted by Crippen LogP contribution is 2.30. The van der Waals surface area contributed by atoms with E-state index in [0.29, 0.717) is 16.1 Å². The third-order valence-corrected chi connectivity index (χ3v) is 5.87. The molecular weight excluding hydrogens is 377 g/mol. The van der Waals surface area contributed by atoms with Crippen LogP contribution in [0, 0.1) is 17.0 Å². The number of halogens is 2. The van der Waals surface area contributed by atoms with Gasteiger partial charge in [-0.3, -0.25) is 10.1 Å². The van der Waals surface area contributed by atoms with Gasteiger partial charge in [0.25, 0.3) is 15.7 Å². The number of rotatable bonds is 3. The minimum atomic E-state index is -4.18. The first-order valence-electron chi connectivity index (χ1n) is 6.56. The summed E-state index contributed by atoms with van der Waals surface area (Å²) >= 11 is 11.9. The maximum Gasteiger partial charge on any atom is 0.271 e. The zero-order valence-electron chi connectivity index (χ0n) is 12.1. The highest BCUT2D eigenvalue weighted by Gasteiger charge is 2.27. The Kier molecular flexibility index (Phi) is 3.98. The van der Waals surface area contributed by atoms with E-state index in [2.05, 4.69) is 4.98 Å². The van der Waals surface area contributed by atoms with Crippen LogP contribution >= 0.6 is 23.2 Å². The van der Waals surface area contributed by atoms with Gasteiger partial charge in [-0.1, -0.05) is 17.7 Å². The first-order valence-corrected chi connectivity index (χ1v) is 8.75. The fraction of sp³-hybridized carbons (Fsp3) is 0.0714. The van der Waals surface area contributed by atoms with Gasteiger partial charge in [0.15, 0.2) is 0 Å². The van der Waals surface area contributed by atoms with E-state index in [9.17, 15) is 18.5 Å². The summed E-state index contributed by atoms with van der Waals surface area (Å²) in [6.45, 7) is 1.54.